The van der Waals surface area contributed by atoms with E-state index in [2.05, 4.69) is 19.2 Å². The number of nitrogens with one attached hydrogen (secondary N) is 1. The van der Waals surface area contributed by atoms with Gasteiger partial charge in [-0.05, 0) is 36.1 Å². The summed E-state index contributed by atoms with van der Waals surface area (Å²) in [5.41, 5.74) is 2.11. The van der Waals surface area contributed by atoms with Gasteiger partial charge in [-0.25, -0.2) is 0 Å². The van der Waals surface area contributed by atoms with Gasteiger partial charge in [0.2, 0.25) is 0 Å². The molecule has 0 spiro atoms. The lowest BCUT2D eigenvalue weighted by molar-refractivity contribution is 0.0785. The van der Waals surface area contributed by atoms with E-state index in [1.165, 1.54) is 0 Å². The number of carbonyl (C=O) groups excluding carboxylic acids is 2. The van der Waals surface area contributed by atoms with Gasteiger partial charge in [0.05, 0.1) is 0 Å². The lowest BCUT2D eigenvalue weighted by atomic mass is 10.1. The highest BCUT2D eigenvalue weighted by Crippen LogP contribution is 2.11. The first-order valence-corrected chi connectivity index (χ1v) is 8.65. The maximum absolute atomic E-state index is 12.6. The van der Waals surface area contributed by atoms with Crippen LogP contribution in [0.25, 0.3) is 0 Å². The predicted octanol–water partition coefficient (Wildman–Crippen LogP) is 3.73. The molecule has 132 valence electrons. The highest BCUT2D eigenvalue weighted by Gasteiger charge is 2.14. The van der Waals surface area contributed by atoms with Crippen molar-refractivity contribution in [1.82, 2.24) is 10.2 Å². The average Bonchev–Trinajstić information content (AvgIpc) is 2.61. The first-order chi connectivity index (χ1) is 12.0. The third-order valence-corrected chi connectivity index (χ3v) is 3.99. The van der Waals surface area contributed by atoms with Gasteiger partial charge in [0.15, 0.2) is 0 Å². The summed E-state index contributed by atoms with van der Waals surface area (Å²) < 4.78 is 0. The maximum Gasteiger partial charge on any atom is 0.253 e. The molecule has 4 nitrogen and oxygen atoms in total. The second kappa shape index (κ2) is 9.02. The Bertz CT molecular complexity index is 711. The Kier molecular flexibility index (Phi) is 6.75. The third-order valence-electron chi connectivity index (χ3n) is 3.99. The molecule has 1 N–H and O–H groups in total. The van der Waals surface area contributed by atoms with Gasteiger partial charge >= 0.3 is 0 Å². The minimum atomic E-state index is -0.138. The van der Waals surface area contributed by atoms with Gasteiger partial charge in [-0.3, -0.25) is 9.59 Å². The molecule has 2 rings (SSSR count). The molecule has 0 bridgehead atoms. The second-order valence-corrected chi connectivity index (χ2v) is 6.67. The number of rotatable bonds is 7. The van der Waals surface area contributed by atoms with Crippen LogP contribution < -0.4 is 5.32 Å². The molecule has 0 saturated carbocycles. The summed E-state index contributed by atoms with van der Waals surface area (Å²) in [6, 6.07) is 16.7. The molecule has 0 unspecified atom stereocenters. The van der Waals surface area contributed by atoms with Gasteiger partial charge < -0.3 is 10.2 Å². The monoisotopic (exact) mass is 338 g/mol. The van der Waals surface area contributed by atoms with Crippen LogP contribution in [0, 0.1) is 5.92 Å². The lowest BCUT2D eigenvalue weighted by Gasteiger charge is -2.17. The molecule has 0 aliphatic rings. The Balaban J connectivity index is 2.01. The summed E-state index contributed by atoms with van der Waals surface area (Å²) in [6.45, 7) is 5.41. The van der Waals surface area contributed by atoms with E-state index in [1.807, 2.05) is 30.3 Å². The zero-order valence-corrected chi connectivity index (χ0v) is 15.2. The fourth-order valence-electron chi connectivity index (χ4n) is 2.52. The molecular weight excluding hydrogens is 312 g/mol. The average molecular weight is 338 g/mol. The smallest absolute Gasteiger partial charge is 0.253 e. The van der Waals surface area contributed by atoms with Crippen LogP contribution in [0.4, 0.5) is 0 Å². The Morgan fingerprint density at radius 3 is 2.36 bits per heavy atom. The molecule has 2 amide bonds. The third kappa shape index (κ3) is 5.75. The quantitative estimate of drug-likeness (QED) is 0.836. The van der Waals surface area contributed by atoms with E-state index >= 15 is 0 Å². The van der Waals surface area contributed by atoms with Crippen LogP contribution >= 0.6 is 0 Å². The number of hydrogen-bond acceptors (Lipinski definition) is 2. The highest BCUT2D eigenvalue weighted by molar-refractivity contribution is 5.99. The van der Waals surface area contributed by atoms with Crippen molar-refractivity contribution in [1.29, 1.82) is 0 Å². The minimum absolute atomic E-state index is 0.0966. The number of amides is 2. The Morgan fingerprint density at radius 1 is 1.00 bits per heavy atom. The van der Waals surface area contributed by atoms with E-state index < -0.39 is 0 Å². The number of benzene rings is 2. The summed E-state index contributed by atoms with van der Waals surface area (Å²) in [6.07, 6.45) is 0.935. The van der Waals surface area contributed by atoms with Crippen LogP contribution in [0.5, 0.6) is 0 Å². The summed E-state index contributed by atoms with van der Waals surface area (Å²) >= 11 is 0. The Labute approximate surface area is 149 Å². The molecule has 2 aromatic rings. The van der Waals surface area contributed by atoms with Crippen molar-refractivity contribution in [2.45, 2.75) is 26.8 Å². The van der Waals surface area contributed by atoms with Crippen LogP contribution in [0.15, 0.2) is 54.6 Å². The van der Waals surface area contributed by atoms with E-state index in [4.69, 9.17) is 0 Å². The lowest BCUT2D eigenvalue weighted by Crippen LogP contribution is -2.28. The Morgan fingerprint density at radius 2 is 1.68 bits per heavy atom. The largest absolute Gasteiger partial charge is 0.352 e. The molecule has 0 fully saturated rings. The summed E-state index contributed by atoms with van der Waals surface area (Å²) in [5, 5.41) is 2.90. The van der Waals surface area contributed by atoms with E-state index in [0.29, 0.717) is 30.1 Å². The minimum Gasteiger partial charge on any atom is -0.352 e. The fraction of sp³-hybridized carbons (Fsp3) is 0.333. The van der Waals surface area contributed by atoms with Crippen molar-refractivity contribution in [3.63, 3.8) is 0 Å². The molecule has 0 heterocycles. The number of hydrogen-bond donors (Lipinski definition) is 1. The number of carbonyl (C=O) groups is 2. The van der Waals surface area contributed by atoms with Crippen LogP contribution in [0.3, 0.4) is 0 Å². The van der Waals surface area contributed by atoms with Crippen LogP contribution in [0.1, 0.15) is 46.5 Å². The first kappa shape index (κ1) is 18.7. The molecule has 4 heteroatoms. The normalized spacial score (nSPS) is 10.6. The van der Waals surface area contributed by atoms with Crippen molar-refractivity contribution in [2.75, 3.05) is 13.6 Å². The van der Waals surface area contributed by atoms with E-state index in [-0.39, 0.29) is 11.8 Å². The van der Waals surface area contributed by atoms with Gasteiger partial charge in [-0.1, -0.05) is 50.2 Å². The first-order valence-electron chi connectivity index (χ1n) is 8.65. The van der Waals surface area contributed by atoms with E-state index in [1.54, 1.807) is 36.2 Å². The molecule has 25 heavy (non-hydrogen) atoms. The Hall–Kier alpha value is -2.62. The SMILES string of the molecule is CC(C)CCNC(=O)c1cccc(C(=O)N(C)Cc2ccccc2)c1. The fourth-order valence-corrected chi connectivity index (χ4v) is 2.52. The van der Waals surface area contributed by atoms with Gasteiger partial charge in [0.25, 0.3) is 11.8 Å². The molecule has 0 atom stereocenters. The topological polar surface area (TPSA) is 49.4 Å². The van der Waals surface area contributed by atoms with Crippen molar-refractivity contribution in [2.24, 2.45) is 5.92 Å². The summed E-state index contributed by atoms with van der Waals surface area (Å²) in [5.74, 6) is 0.307. The van der Waals surface area contributed by atoms with Crippen LogP contribution in [-0.4, -0.2) is 30.3 Å². The van der Waals surface area contributed by atoms with Crippen LogP contribution in [-0.2, 0) is 6.54 Å². The van der Waals surface area contributed by atoms with Gasteiger partial charge in [-0.15, -0.1) is 0 Å². The highest BCUT2D eigenvalue weighted by atomic mass is 16.2. The molecule has 0 aliphatic heterocycles. The predicted molar refractivity (Wildman–Crippen MR) is 100 cm³/mol. The van der Waals surface area contributed by atoms with E-state index in [0.717, 1.165) is 12.0 Å². The second-order valence-electron chi connectivity index (χ2n) is 6.67. The summed E-state index contributed by atoms with van der Waals surface area (Å²) in [7, 11) is 1.77. The molecule has 0 saturated heterocycles. The van der Waals surface area contributed by atoms with E-state index in [9.17, 15) is 9.59 Å². The molecule has 2 aromatic carbocycles. The zero-order valence-electron chi connectivity index (χ0n) is 15.2. The maximum atomic E-state index is 12.6. The van der Waals surface area contributed by atoms with Crippen molar-refractivity contribution < 1.29 is 9.59 Å². The molecule has 0 aliphatic carbocycles. The van der Waals surface area contributed by atoms with Gasteiger partial charge in [0, 0.05) is 31.3 Å². The molecular formula is C21H26N2O2. The van der Waals surface area contributed by atoms with Crippen molar-refractivity contribution in [3.05, 3.63) is 71.3 Å². The van der Waals surface area contributed by atoms with Gasteiger partial charge in [-0.2, -0.15) is 0 Å². The van der Waals surface area contributed by atoms with Gasteiger partial charge in [0.1, 0.15) is 0 Å². The zero-order chi connectivity index (χ0) is 18.2. The van der Waals surface area contributed by atoms with Crippen molar-refractivity contribution >= 4 is 11.8 Å². The van der Waals surface area contributed by atoms with Crippen molar-refractivity contribution in [3.8, 4) is 0 Å². The molecule has 0 radical (unpaired) electrons. The van der Waals surface area contributed by atoms with Crippen LogP contribution in [0.2, 0.25) is 0 Å². The standard InChI is InChI=1S/C21H26N2O2/c1-16(2)12-13-22-20(24)18-10-7-11-19(14-18)21(25)23(3)15-17-8-5-4-6-9-17/h4-11,14,16H,12-13,15H2,1-3H3,(H,22,24). The number of nitrogens with zero attached hydrogens (tertiary/aromatic N) is 1. The summed E-state index contributed by atoms with van der Waals surface area (Å²) in [4.78, 5) is 26.5. The molecule has 0 aromatic heterocycles.